The molecule has 1 N–H and O–H groups in total. The van der Waals surface area contributed by atoms with Crippen LogP contribution in [0.1, 0.15) is 73.4 Å². The predicted octanol–water partition coefficient (Wildman–Crippen LogP) is 5.05. The van der Waals surface area contributed by atoms with Crippen LogP contribution in [0.25, 0.3) is 0 Å². The lowest BCUT2D eigenvalue weighted by Crippen LogP contribution is -2.43. The number of aliphatic hydroxyl groups excluding tert-OH is 1. The summed E-state index contributed by atoms with van der Waals surface area (Å²) < 4.78 is 10.8. The number of para-hydroxylation sites is 1. The molecular weight excluding hydrogens is 404 g/mol. The Bertz CT molecular complexity index is 1060. The van der Waals surface area contributed by atoms with Crippen LogP contribution < -0.4 is 9.47 Å². The number of rotatable bonds is 3. The van der Waals surface area contributed by atoms with Gasteiger partial charge in [0, 0.05) is 6.92 Å². The maximum absolute atomic E-state index is 12.8. The third-order valence-corrected chi connectivity index (χ3v) is 8.22. The zero-order chi connectivity index (χ0) is 22.5. The Morgan fingerprint density at radius 3 is 2.66 bits per heavy atom. The van der Waals surface area contributed by atoms with Crippen molar-refractivity contribution in [2.24, 2.45) is 17.3 Å². The smallest absolute Gasteiger partial charge is 0.347 e. The van der Waals surface area contributed by atoms with Crippen LogP contribution in [-0.2, 0) is 11.2 Å². The molecule has 3 aliphatic rings. The molecule has 0 saturated heterocycles. The minimum atomic E-state index is -0.538. The maximum atomic E-state index is 12.8. The van der Waals surface area contributed by atoms with Gasteiger partial charge in [-0.25, -0.2) is 4.79 Å². The van der Waals surface area contributed by atoms with Crippen molar-refractivity contribution in [2.45, 2.75) is 64.4 Å². The van der Waals surface area contributed by atoms with E-state index in [1.807, 2.05) is 12.1 Å². The Kier molecular flexibility index (Phi) is 5.32. The molecule has 0 spiro atoms. The number of benzene rings is 2. The van der Waals surface area contributed by atoms with Crippen LogP contribution in [0.5, 0.6) is 11.5 Å². The summed E-state index contributed by atoms with van der Waals surface area (Å²) in [5, 5.41) is 10.6. The fourth-order valence-electron chi connectivity index (χ4n) is 6.64. The first-order chi connectivity index (χ1) is 15.4. The van der Waals surface area contributed by atoms with Gasteiger partial charge in [-0.1, -0.05) is 25.1 Å². The second-order valence-electron chi connectivity index (χ2n) is 9.89. The molecule has 5 unspecified atom stereocenters. The molecule has 3 aliphatic carbocycles. The molecule has 0 radical (unpaired) electrons. The van der Waals surface area contributed by atoms with Crippen molar-refractivity contribution >= 4 is 11.9 Å². The van der Waals surface area contributed by atoms with Gasteiger partial charge < -0.3 is 14.6 Å². The first-order valence-corrected chi connectivity index (χ1v) is 11.7. The SMILES string of the molecule is CC(=O)Oc1ccccc1C(=O)Oc1ccc2c(c1)CCC1C2CCC2(C)C(O)CCC12. The zero-order valence-electron chi connectivity index (χ0n) is 18.7. The number of aliphatic hydroxyl groups is 1. The molecule has 0 heterocycles. The molecule has 32 heavy (non-hydrogen) atoms. The normalized spacial score (nSPS) is 30.6. The van der Waals surface area contributed by atoms with Gasteiger partial charge >= 0.3 is 11.9 Å². The van der Waals surface area contributed by atoms with Gasteiger partial charge in [0.05, 0.1) is 6.10 Å². The Morgan fingerprint density at radius 2 is 1.84 bits per heavy atom. The van der Waals surface area contributed by atoms with Gasteiger partial charge in [0.15, 0.2) is 0 Å². The summed E-state index contributed by atoms with van der Waals surface area (Å²) in [5.41, 5.74) is 2.94. The molecule has 0 aliphatic heterocycles. The van der Waals surface area contributed by atoms with Gasteiger partial charge in [-0.15, -0.1) is 0 Å². The van der Waals surface area contributed by atoms with Crippen molar-refractivity contribution in [1.29, 1.82) is 0 Å². The summed E-state index contributed by atoms with van der Waals surface area (Å²) in [6.45, 7) is 3.59. The van der Waals surface area contributed by atoms with Gasteiger partial charge in [0.25, 0.3) is 0 Å². The molecule has 5 heteroatoms. The number of hydrogen-bond acceptors (Lipinski definition) is 5. The molecule has 0 amide bonds. The van der Waals surface area contributed by atoms with E-state index < -0.39 is 11.9 Å². The molecular formula is C27H30O5. The molecule has 5 rings (SSSR count). The summed E-state index contributed by atoms with van der Waals surface area (Å²) in [6.07, 6.45) is 6.17. The molecule has 168 valence electrons. The van der Waals surface area contributed by atoms with Crippen LogP contribution in [0, 0.1) is 17.3 Å². The van der Waals surface area contributed by atoms with Crippen molar-refractivity contribution < 1.29 is 24.2 Å². The number of hydrogen-bond donors (Lipinski definition) is 1. The lowest BCUT2D eigenvalue weighted by Gasteiger charge is -2.50. The lowest BCUT2D eigenvalue weighted by molar-refractivity contribution is -0.131. The van der Waals surface area contributed by atoms with E-state index in [2.05, 4.69) is 13.0 Å². The number of fused-ring (bicyclic) bond motifs is 5. The monoisotopic (exact) mass is 434 g/mol. The molecule has 2 aromatic rings. The lowest BCUT2D eigenvalue weighted by atomic mass is 9.55. The summed E-state index contributed by atoms with van der Waals surface area (Å²) in [4.78, 5) is 24.1. The number of esters is 2. The Morgan fingerprint density at radius 1 is 1.03 bits per heavy atom. The number of ether oxygens (including phenoxy) is 2. The second-order valence-corrected chi connectivity index (χ2v) is 9.89. The van der Waals surface area contributed by atoms with Crippen molar-refractivity contribution in [3.8, 4) is 11.5 Å². The Balaban J connectivity index is 1.35. The fraction of sp³-hybridized carbons (Fsp3) is 0.481. The third-order valence-electron chi connectivity index (χ3n) is 8.22. The highest BCUT2D eigenvalue weighted by Gasteiger charge is 2.54. The van der Waals surface area contributed by atoms with E-state index in [-0.39, 0.29) is 22.8 Å². The minimum Gasteiger partial charge on any atom is -0.426 e. The van der Waals surface area contributed by atoms with E-state index in [0.29, 0.717) is 23.5 Å². The Hall–Kier alpha value is -2.66. The van der Waals surface area contributed by atoms with E-state index in [9.17, 15) is 14.7 Å². The van der Waals surface area contributed by atoms with Crippen LogP contribution >= 0.6 is 0 Å². The fourth-order valence-corrected chi connectivity index (χ4v) is 6.64. The van der Waals surface area contributed by atoms with Gasteiger partial charge in [-0.05, 0) is 97.1 Å². The molecule has 0 bridgehead atoms. The summed E-state index contributed by atoms with van der Waals surface area (Å²) >= 11 is 0. The quantitative estimate of drug-likeness (QED) is 0.541. The van der Waals surface area contributed by atoms with Crippen molar-refractivity contribution in [2.75, 3.05) is 0 Å². The predicted molar refractivity (Wildman–Crippen MR) is 120 cm³/mol. The van der Waals surface area contributed by atoms with Crippen LogP contribution in [0.2, 0.25) is 0 Å². The van der Waals surface area contributed by atoms with Crippen LogP contribution in [0.3, 0.4) is 0 Å². The van der Waals surface area contributed by atoms with E-state index >= 15 is 0 Å². The summed E-state index contributed by atoms with van der Waals surface area (Å²) in [5.74, 6) is 1.45. The first-order valence-electron chi connectivity index (χ1n) is 11.7. The van der Waals surface area contributed by atoms with Gasteiger partial charge in [0.1, 0.15) is 17.1 Å². The average molecular weight is 435 g/mol. The summed E-state index contributed by atoms with van der Waals surface area (Å²) in [7, 11) is 0. The number of aryl methyl sites for hydroxylation is 1. The molecule has 2 saturated carbocycles. The maximum Gasteiger partial charge on any atom is 0.347 e. The molecule has 5 atom stereocenters. The van der Waals surface area contributed by atoms with Gasteiger partial charge in [0.2, 0.25) is 0 Å². The van der Waals surface area contributed by atoms with Crippen LogP contribution in [0.15, 0.2) is 42.5 Å². The van der Waals surface area contributed by atoms with E-state index in [0.717, 1.165) is 38.5 Å². The molecule has 2 fully saturated rings. The largest absolute Gasteiger partial charge is 0.426 e. The van der Waals surface area contributed by atoms with Crippen molar-refractivity contribution in [3.63, 3.8) is 0 Å². The average Bonchev–Trinajstić information content (AvgIpc) is 3.08. The van der Waals surface area contributed by atoms with E-state index in [1.54, 1.807) is 24.3 Å². The topological polar surface area (TPSA) is 72.8 Å². The van der Waals surface area contributed by atoms with Crippen molar-refractivity contribution in [3.05, 3.63) is 59.2 Å². The number of carbonyl (C=O) groups is 2. The van der Waals surface area contributed by atoms with Crippen molar-refractivity contribution in [1.82, 2.24) is 0 Å². The van der Waals surface area contributed by atoms with Crippen LogP contribution in [-0.4, -0.2) is 23.1 Å². The first kappa shape index (κ1) is 21.2. The minimum absolute atomic E-state index is 0.0729. The highest BCUT2D eigenvalue weighted by Crippen LogP contribution is 2.60. The van der Waals surface area contributed by atoms with E-state index in [1.165, 1.54) is 18.1 Å². The second kappa shape index (κ2) is 8.04. The highest BCUT2D eigenvalue weighted by molar-refractivity contribution is 5.94. The molecule has 0 aromatic heterocycles. The highest BCUT2D eigenvalue weighted by atomic mass is 16.5. The Labute approximate surface area is 188 Å². The zero-order valence-corrected chi connectivity index (χ0v) is 18.7. The third kappa shape index (κ3) is 3.53. The van der Waals surface area contributed by atoms with Gasteiger partial charge in [-0.3, -0.25) is 4.79 Å². The molecule has 5 nitrogen and oxygen atoms in total. The summed E-state index contributed by atoms with van der Waals surface area (Å²) in [6, 6.07) is 12.6. The molecule has 2 aromatic carbocycles. The number of carbonyl (C=O) groups excluding carboxylic acids is 2. The van der Waals surface area contributed by atoms with E-state index in [4.69, 9.17) is 9.47 Å². The van der Waals surface area contributed by atoms with Gasteiger partial charge in [-0.2, -0.15) is 0 Å². The van der Waals surface area contributed by atoms with Crippen LogP contribution in [0.4, 0.5) is 0 Å². The standard InChI is InChI=1S/C27H30O5/c1-16(28)31-24-6-4-3-5-22(24)26(30)32-18-8-10-19-17(15-18)7-9-21-20(19)13-14-27(2)23(21)11-12-25(27)29/h3-6,8,10,15,20-21,23,25,29H,7,9,11-14H2,1-2H3.